The third kappa shape index (κ3) is 3.03. The van der Waals surface area contributed by atoms with Gasteiger partial charge in [0.15, 0.2) is 0 Å². The standard InChI is InChI=1S/C12H17NO4/c1-7-8(11(15)10(14)6-13-2)4-3-5-9(7)12(16)17/h3-5,10-11,13-15H,6H2,1-2H3,(H,16,17). The molecule has 0 heterocycles. The Hall–Kier alpha value is -1.43. The van der Waals surface area contributed by atoms with Gasteiger partial charge >= 0.3 is 5.97 Å². The number of nitrogens with one attached hydrogen (secondary N) is 1. The van der Waals surface area contributed by atoms with E-state index in [0.717, 1.165) is 0 Å². The minimum absolute atomic E-state index is 0.137. The van der Waals surface area contributed by atoms with Crippen molar-refractivity contribution in [2.24, 2.45) is 0 Å². The first kappa shape index (κ1) is 13.6. The van der Waals surface area contributed by atoms with Gasteiger partial charge in [-0.2, -0.15) is 0 Å². The minimum atomic E-state index is -1.10. The number of likely N-dealkylation sites (N-methyl/N-ethyl adjacent to an activating group) is 1. The quantitative estimate of drug-likeness (QED) is 0.593. The largest absolute Gasteiger partial charge is 0.478 e. The molecule has 0 bridgehead atoms. The molecule has 4 N–H and O–H groups in total. The Bertz CT molecular complexity index is 405. The molecule has 0 fully saturated rings. The summed E-state index contributed by atoms with van der Waals surface area (Å²) in [6, 6.07) is 4.64. The summed E-state index contributed by atoms with van der Waals surface area (Å²) < 4.78 is 0. The maximum Gasteiger partial charge on any atom is 0.335 e. The van der Waals surface area contributed by atoms with Crippen molar-refractivity contribution >= 4 is 5.97 Å². The molecule has 17 heavy (non-hydrogen) atoms. The predicted octanol–water partition coefficient (Wildman–Crippen LogP) is 0.307. The van der Waals surface area contributed by atoms with Crippen molar-refractivity contribution in [3.05, 3.63) is 34.9 Å². The van der Waals surface area contributed by atoms with Gasteiger partial charge in [0.05, 0.1) is 11.7 Å². The van der Waals surface area contributed by atoms with Crippen molar-refractivity contribution in [3.63, 3.8) is 0 Å². The molecule has 0 aromatic heterocycles. The second-order valence-corrected chi connectivity index (χ2v) is 3.89. The highest BCUT2D eigenvalue weighted by molar-refractivity contribution is 5.89. The molecule has 1 aromatic carbocycles. The van der Waals surface area contributed by atoms with E-state index in [9.17, 15) is 15.0 Å². The maximum absolute atomic E-state index is 10.9. The fraction of sp³-hybridized carbons (Fsp3) is 0.417. The molecule has 2 unspecified atom stereocenters. The highest BCUT2D eigenvalue weighted by atomic mass is 16.4. The molecule has 0 aliphatic rings. The first-order valence-corrected chi connectivity index (χ1v) is 5.32. The molecule has 0 aliphatic carbocycles. The number of hydrogen-bond acceptors (Lipinski definition) is 4. The predicted molar refractivity (Wildman–Crippen MR) is 63.0 cm³/mol. The van der Waals surface area contributed by atoms with Crippen LogP contribution in [0.3, 0.4) is 0 Å². The van der Waals surface area contributed by atoms with Crippen LogP contribution in [0.2, 0.25) is 0 Å². The molecule has 5 heteroatoms. The van der Waals surface area contributed by atoms with Gasteiger partial charge in [-0.15, -0.1) is 0 Å². The van der Waals surface area contributed by atoms with Crippen LogP contribution in [0.25, 0.3) is 0 Å². The lowest BCUT2D eigenvalue weighted by Gasteiger charge is -2.20. The van der Waals surface area contributed by atoms with Crippen LogP contribution in [0.15, 0.2) is 18.2 Å². The van der Waals surface area contributed by atoms with E-state index in [4.69, 9.17) is 5.11 Å². The van der Waals surface area contributed by atoms with E-state index in [1.165, 1.54) is 6.07 Å². The van der Waals surface area contributed by atoms with Crippen molar-refractivity contribution in [2.45, 2.75) is 19.1 Å². The smallest absolute Gasteiger partial charge is 0.335 e. The molecule has 1 aromatic rings. The maximum atomic E-state index is 10.9. The number of aliphatic hydroxyl groups excluding tert-OH is 2. The fourth-order valence-corrected chi connectivity index (χ4v) is 1.73. The van der Waals surface area contributed by atoms with Crippen molar-refractivity contribution in [3.8, 4) is 0 Å². The normalized spacial score (nSPS) is 14.4. The Balaban J connectivity index is 3.06. The van der Waals surface area contributed by atoms with E-state index in [1.54, 1.807) is 26.1 Å². The van der Waals surface area contributed by atoms with Crippen LogP contribution in [-0.4, -0.2) is 41.0 Å². The number of benzene rings is 1. The second kappa shape index (κ2) is 5.77. The topological polar surface area (TPSA) is 89.8 Å². The molecule has 0 aliphatic heterocycles. The van der Waals surface area contributed by atoms with Crippen LogP contribution in [-0.2, 0) is 0 Å². The van der Waals surface area contributed by atoms with E-state index in [-0.39, 0.29) is 12.1 Å². The molecular weight excluding hydrogens is 222 g/mol. The minimum Gasteiger partial charge on any atom is -0.478 e. The molecule has 0 radical (unpaired) electrons. The summed E-state index contributed by atoms with van der Waals surface area (Å²) in [4.78, 5) is 10.9. The summed E-state index contributed by atoms with van der Waals surface area (Å²) in [7, 11) is 1.66. The SMILES string of the molecule is CNCC(O)C(O)c1cccc(C(=O)O)c1C. The van der Waals surface area contributed by atoms with Crippen molar-refractivity contribution in [1.29, 1.82) is 0 Å². The monoisotopic (exact) mass is 239 g/mol. The number of rotatable bonds is 5. The van der Waals surface area contributed by atoms with E-state index in [2.05, 4.69) is 5.32 Å². The van der Waals surface area contributed by atoms with Crippen LogP contribution in [0, 0.1) is 6.92 Å². The van der Waals surface area contributed by atoms with Crippen molar-refractivity contribution in [2.75, 3.05) is 13.6 Å². The molecular formula is C12H17NO4. The number of aromatic carboxylic acids is 1. The Morgan fingerprint density at radius 3 is 2.59 bits per heavy atom. The van der Waals surface area contributed by atoms with Gasteiger partial charge in [-0.25, -0.2) is 4.79 Å². The zero-order valence-corrected chi connectivity index (χ0v) is 9.84. The van der Waals surface area contributed by atoms with Crippen LogP contribution >= 0.6 is 0 Å². The third-order valence-electron chi connectivity index (χ3n) is 2.70. The van der Waals surface area contributed by atoms with Crippen LogP contribution in [0.1, 0.15) is 27.6 Å². The molecule has 5 nitrogen and oxygen atoms in total. The van der Waals surface area contributed by atoms with Crippen molar-refractivity contribution in [1.82, 2.24) is 5.32 Å². The fourth-order valence-electron chi connectivity index (χ4n) is 1.73. The Kier molecular flexibility index (Phi) is 4.62. The summed E-state index contributed by atoms with van der Waals surface area (Å²) >= 11 is 0. The summed E-state index contributed by atoms with van der Waals surface area (Å²) in [5.41, 5.74) is 1.05. The van der Waals surface area contributed by atoms with Gasteiger partial charge in [0.25, 0.3) is 0 Å². The van der Waals surface area contributed by atoms with E-state index >= 15 is 0 Å². The second-order valence-electron chi connectivity index (χ2n) is 3.89. The summed E-state index contributed by atoms with van der Waals surface area (Å²) in [5.74, 6) is -1.04. The van der Waals surface area contributed by atoms with Crippen LogP contribution in [0.4, 0.5) is 0 Å². The molecule has 0 amide bonds. The first-order chi connectivity index (χ1) is 7.99. The van der Waals surface area contributed by atoms with Gasteiger partial charge in [0, 0.05) is 6.54 Å². The first-order valence-electron chi connectivity index (χ1n) is 5.32. The zero-order chi connectivity index (χ0) is 13.0. The molecule has 0 spiro atoms. The number of carbonyl (C=O) groups is 1. The third-order valence-corrected chi connectivity index (χ3v) is 2.70. The van der Waals surface area contributed by atoms with E-state index in [1.807, 2.05) is 0 Å². The zero-order valence-electron chi connectivity index (χ0n) is 9.84. The summed E-state index contributed by atoms with van der Waals surface area (Å²) in [5, 5.41) is 31.3. The molecule has 0 saturated heterocycles. The average Bonchev–Trinajstić information content (AvgIpc) is 2.28. The number of aliphatic hydroxyl groups is 2. The van der Waals surface area contributed by atoms with Crippen molar-refractivity contribution < 1.29 is 20.1 Å². The Morgan fingerprint density at radius 1 is 1.41 bits per heavy atom. The molecule has 1 rings (SSSR count). The van der Waals surface area contributed by atoms with Gasteiger partial charge < -0.3 is 20.6 Å². The van der Waals surface area contributed by atoms with Gasteiger partial charge in [-0.05, 0) is 31.2 Å². The van der Waals surface area contributed by atoms with Crippen LogP contribution < -0.4 is 5.32 Å². The van der Waals surface area contributed by atoms with Gasteiger partial charge in [0.2, 0.25) is 0 Å². The Labute approximate surface area is 99.7 Å². The lowest BCUT2D eigenvalue weighted by atomic mass is 9.95. The lowest BCUT2D eigenvalue weighted by Crippen LogP contribution is -2.30. The number of carboxylic acids is 1. The summed E-state index contributed by atoms with van der Waals surface area (Å²) in [6.45, 7) is 1.85. The number of hydrogen-bond donors (Lipinski definition) is 4. The molecule has 2 atom stereocenters. The van der Waals surface area contributed by atoms with E-state index < -0.39 is 18.2 Å². The van der Waals surface area contributed by atoms with E-state index in [0.29, 0.717) is 11.1 Å². The molecule has 94 valence electrons. The van der Waals surface area contributed by atoms with Gasteiger partial charge in [0.1, 0.15) is 6.10 Å². The number of carboxylic acid groups (broad SMARTS) is 1. The average molecular weight is 239 g/mol. The highest BCUT2D eigenvalue weighted by Gasteiger charge is 2.21. The molecule has 0 saturated carbocycles. The van der Waals surface area contributed by atoms with Crippen LogP contribution in [0.5, 0.6) is 0 Å². The van der Waals surface area contributed by atoms with Gasteiger partial charge in [-0.1, -0.05) is 12.1 Å². The highest BCUT2D eigenvalue weighted by Crippen LogP contribution is 2.23. The lowest BCUT2D eigenvalue weighted by molar-refractivity contribution is 0.0198. The Morgan fingerprint density at radius 2 is 2.06 bits per heavy atom. The summed E-state index contributed by atoms with van der Waals surface area (Å²) in [6.07, 6.45) is -2.07. The van der Waals surface area contributed by atoms with Gasteiger partial charge in [-0.3, -0.25) is 0 Å².